The number of aliphatic carboxylic acids is 1. The molecule has 0 saturated carbocycles. The second-order valence-electron chi connectivity index (χ2n) is 5.94. The van der Waals surface area contributed by atoms with Gasteiger partial charge in [0.15, 0.2) is 0 Å². The van der Waals surface area contributed by atoms with Crippen LogP contribution in [-0.4, -0.2) is 53.6 Å². The number of hydrogen-bond donors (Lipinski definition) is 1. The van der Waals surface area contributed by atoms with Gasteiger partial charge in [-0.3, -0.25) is 9.69 Å². The van der Waals surface area contributed by atoms with Crippen LogP contribution in [0.4, 0.5) is 0 Å². The van der Waals surface area contributed by atoms with Crippen LogP contribution in [0.25, 0.3) is 0 Å². The summed E-state index contributed by atoms with van der Waals surface area (Å²) in [6.07, 6.45) is 2.31. The average molecular weight is 290 g/mol. The Balaban J connectivity index is 2.27. The molecule has 1 aromatic carbocycles. The summed E-state index contributed by atoms with van der Waals surface area (Å²) in [7, 11) is 2.15. The standard InChI is InChI=1S/C17H26N2O2/c1-3-15-13-18(2)10-7-11-19(15)16(12-17(20)21)14-8-5-4-6-9-14/h4-6,8-9,15-16H,3,7,10-13H2,1-2H3,(H,20,21). The molecule has 0 amide bonds. The molecule has 0 spiro atoms. The van der Waals surface area contributed by atoms with Gasteiger partial charge < -0.3 is 10.0 Å². The highest BCUT2D eigenvalue weighted by Crippen LogP contribution is 2.29. The molecule has 1 saturated heterocycles. The number of likely N-dealkylation sites (N-methyl/N-ethyl adjacent to an activating group) is 1. The minimum atomic E-state index is -0.726. The largest absolute Gasteiger partial charge is 0.481 e. The third-order valence-corrected chi connectivity index (χ3v) is 4.37. The van der Waals surface area contributed by atoms with E-state index in [0.717, 1.165) is 38.0 Å². The molecule has 2 atom stereocenters. The van der Waals surface area contributed by atoms with E-state index in [1.54, 1.807) is 0 Å². The predicted octanol–water partition coefficient (Wildman–Crippen LogP) is 2.62. The first kappa shape index (κ1) is 16.0. The van der Waals surface area contributed by atoms with Crippen molar-refractivity contribution in [2.45, 2.75) is 38.3 Å². The minimum absolute atomic E-state index is 0.0276. The van der Waals surface area contributed by atoms with Crippen molar-refractivity contribution in [1.82, 2.24) is 9.80 Å². The van der Waals surface area contributed by atoms with Gasteiger partial charge in [0.2, 0.25) is 0 Å². The van der Waals surface area contributed by atoms with E-state index < -0.39 is 5.97 Å². The van der Waals surface area contributed by atoms with E-state index in [4.69, 9.17) is 0 Å². The zero-order valence-electron chi connectivity index (χ0n) is 13.0. The van der Waals surface area contributed by atoms with Crippen molar-refractivity contribution < 1.29 is 9.90 Å². The third kappa shape index (κ3) is 4.29. The molecule has 21 heavy (non-hydrogen) atoms. The van der Waals surface area contributed by atoms with Crippen LogP contribution in [-0.2, 0) is 4.79 Å². The van der Waals surface area contributed by atoms with Crippen molar-refractivity contribution in [1.29, 1.82) is 0 Å². The van der Waals surface area contributed by atoms with E-state index in [9.17, 15) is 9.90 Å². The van der Waals surface area contributed by atoms with Crippen LogP contribution < -0.4 is 0 Å². The van der Waals surface area contributed by atoms with E-state index >= 15 is 0 Å². The maximum absolute atomic E-state index is 11.3. The smallest absolute Gasteiger partial charge is 0.305 e. The Bertz CT molecular complexity index is 449. The number of rotatable bonds is 5. The maximum Gasteiger partial charge on any atom is 0.305 e. The van der Waals surface area contributed by atoms with Gasteiger partial charge in [0.1, 0.15) is 0 Å². The van der Waals surface area contributed by atoms with Crippen molar-refractivity contribution in [2.75, 3.05) is 26.7 Å². The topological polar surface area (TPSA) is 43.8 Å². The number of hydrogen-bond acceptors (Lipinski definition) is 3. The lowest BCUT2D eigenvalue weighted by atomic mass is 9.99. The fourth-order valence-corrected chi connectivity index (χ4v) is 3.30. The van der Waals surface area contributed by atoms with Crippen LogP contribution in [0.5, 0.6) is 0 Å². The van der Waals surface area contributed by atoms with Gasteiger partial charge in [-0.1, -0.05) is 37.3 Å². The molecule has 116 valence electrons. The van der Waals surface area contributed by atoms with Gasteiger partial charge in [-0.2, -0.15) is 0 Å². The van der Waals surface area contributed by atoms with E-state index in [1.807, 2.05) is 18.2 Å². The summed E-state index contributed by atoms with van der Waals surface area (Å²) in [5, 5.41) is 9.32. The lowest BCUT2D eigenvalue weighted by Crippen LogP contribution is -2.42. The van der Waals surface area contributed by atoms with E-state index in [-0.39, 0.29) is 12.5 Å². The lowest BCUT2D eigenvalue weighted by molar-refractivity contribution is -0.138. The predicted molar refractivity (Wildman–Crippen MR) is 84.3 cm³/mol. The molecule has 4 nitrogen and oxygen atoms in total. The average Bonchev–Trinajstić information content (AvgIpc) is 2.66. The SMILES string of the molecule is CCC1CN(C)CCCN1C(CC(=O)O)c1ccccc1. The number of carbonyl (C=O) groups is 1. The molecule has 1 N–H and O–H groups in total. The number of nitrogens with zero attached hydrogens (tertiary/aromatic N) is 2. The molecule has 0 bridgehead atoms. The monoisotopic (exact) mass is 290 g/mol. The van der Waals surface area contributed by atoms with Gasteiger partial charge >= 0.3 is 5.97 Å². The summed E-state index contributed by atoms with van der Waals surface area (Å²) in [6, 6.07) is 10.5. The van der Waals surface area contributed by atoms with Crippen molar-refractivity contribution in [3.63, 3.8) is 0 Å². The Labute approximate surface area is 127 Å². The lowest BCUT2D eigenvalue weighted by Gasteiger charge is -2.36. The van der Waals surface area contributed by atoms with Crippen LogP contribution in [0, 0.1) is 0 Å². The molecule has 1 aliphatic heterocycles. The molecule has 4 heteroatoms. The minimum Gasteiger partial charge on any atom is -0.481 e. The molecule has 0 radical (unpaired) electrons. The summed E-state index contributed by atoms with van der Waals surface area (Å²) in [5.74, 6) is -0.726. The third-order valence-electron chi connectivity index (χ3n) is 4.37. The Morgan fingerprint density at radius 2 is 2.05 bits per heavy atom. The fraction of sp³-hybridized carbons (Fsp3) is 0.588. The van der Waals surface area contributed by atoms with Gasteiger partial charge in [-0.05, 0) is 32.0 Å². The van der Waals surface area contributed by atoms with Crippen LogP contribution in [0.2, 0.25) is 0 Å². The molecule has 2 unspecified atom stereocenters. The van der Waals surface area contributed by atoms with Crippen LogP contribution in [0.3, 0.4) is 0 Å². The van der Waals surface area contributed by atoms with E-state index in [2.05, 4.69) is 35.9 Å². The van der Waals surface area contributed by atoms with Gasteiger partial charge in [0, 0.05) is 25.2 Å². The molecule has 0 aromatic heterocycles. The highest BCUT2D eigenvalue weighted by Gasteiger charge is 2.30. The van der Waals surface area contributed by atoms with Crippen molar-refractivity contribution in [3.05, 3.63) is 35.9 Å². The summed E-state index contributed by atoms with van der Waals surface area (Å²) in [4.78, 5) is 16.1. The molecule has 1 fully saturated rings. The molecule has 0 aliphatic carbocycles. The summed E-state index contributed by atoms with van der Waals surface area (Å²) < 4.78 is 0. The first-order valence-corrected chi connectivity index (χ1v) is 7.82. The van der Waals surface area contributed by atoms with E-state index in [0.29, 0.717) is 6.04 Å². The van der Waals surface area contributed by atoms with E-state index in [1.165, 1.54) is 0 Å². The number of benzene rings is 1. The second kappa shape index (κ2) is 7.57. The highest BCUT2D eigenvalue weighted by molar-refractivity contribution is 5.68. The van der Waals surface area contributed by atoms with Crippen molar-refractivity contribution in [2.24, 2.45) is 0 Å². The number of carboxylic acid groups (broad SMARTS) is 1. The Morgan fingerprint density at radius 3 is 2.67 bits per heavy atom. The van der Waals surface area contributed by atoms with Gasteiger partial charge in [-0.15, -0.1) is 0 Å². The summed E-state index contributed by atoms with van der Waals surface area (Å²) in [6.45, 7) is 5.26. The van der Waals surface area contributed by atoms with Crippen LogP contribution >= 0.6 is 0 Å². The fourth-order valence-electron chi connectivity index (χ4n) is 3.30. The zero-order valence-corrected chi connectivity index (χ0v) is 13.0. The zero-order chi connectivity index (χ0) is 15.2. The molecular weight excluding hydrogens is 264 g/mol. The second-order valence-corrected chi connectivity index (χ2v) is 5.94. The highest BCUT2D eigenvalue weighted by atomic mass is 16.4. The Hall–Kier alpha value is -1.39. The van der Waals surface area contributed by atoms with Gasteiger partial charge in [0.05, 0.1) is 6.42 Å². The molecular formula is C17H26N2O2. The first-order valence-electron chi connectivity index (χ1n) is 7.82. The van der Waals surface area contributed by atoms with Crippen LogP contribution in [0.15, 0.2) is 30.3 Å². The Morgan fingerprint density at radius 1 is 1.33 bits per heavy atom. The molecule has 1 heterocycles. The van der Waals surface area contributed by atoms with Crippen LogP contribution in [0.1, 0.15) is 37.8 Å². The molecule has 1 aromatic rings. The number of carboxylic acids is 1. The maximum atomic E-state index is 11.3. The Kier molecular flexibility index (Phi) is 5.76. The first-order chi connectivity index (χ1) is 10.1. The molecule has 1 aliphatic rings. The van der Waals surface area contributed by atoms with Crippen molar-refractivity contribution >= 4 is 5.97 Å². The molecule has 2 rings (SSSR count). The van der Waals surface area contributed by atoms with Gasteiger partial charge in [-0.25, -0.2) is 0 Å². The van der Waals surface area contributed by atoms with Gasteiger partial charge in [0.25, 0.3) is 0 Å². The quantitative estimate of drug-likeness (QED) is 0.905. The summed E-state index contributed by atoms with van der Waals surface area (Å²) in [5.41, 5.74) is 1.11. The summed E-state index contributed by atoms with van der Waals surface area (Å²) >= 11 is 0. The normalized spacial score (nSPS) is 22.7. The van der Waals surface area contributed by atoms with Crippen molar-refractivity contribution in [3.8, 4) is 0 Å².